The SMILES string of the molecule is CCCN(Cc1cccn1C)C(=O)Cc1ccc(F)cc1. The van der Waals surface area contributed by atoms with Crippen LogP contribution in [0.5, 0.6) is 0 Å². The van der Waals surface area contributed by atoms with E-state index in [1.54, 1.807) is 12.1 Å². The molecule has 1 aromatic heterocycles. The summed E-state index contributed by atoms with van der Waals surface area (Å²) in [6, 6.07) is 10.1. The Morgan fingerprint density at radius 1 is 1.24 bits per heavy atom. The van der Waals surface area contributed by atoms with Gasteiger partial charge in [-0.1, -0.05) is 19.1 Å². The normalized spacial score (nSPS) is 10.6. The van der Waals surface area contributed by atoms with E-state index >= 15 is 0 Å². The van der Waals surface area contributed by atoms with Gasteiger partial charge in [0.2, 0.25) is 5.91 Å². The molecule has 0 spiro atoms. The standard InChI is InChI=1S/C17H21FN2O/c1-3-10-20(13-16-5-4-11-19(16)2)17(21)12-14-6-8-15(18)9-7-14/h4-9,11H,3,10,12-13H2,1-2H3. The second-order valence-corrected chi connectivity index (χ2v) is 5.23. The molecule has 1 heterocycles. The first kappa shape index (κ1) is 15.3. The summed E-state index contributed by atoms with van der Waals surface area (Å²) in [5.74, 6) is -0.204. The molecule has 1 amide bonds. The van der Waals surface area contributed by atoms with Crippen LogP contribution in [0, 0.1) is 5.82 Å². The topological polar surface area (TPSA) is 25.2 Å². The molecule has 0 saturated heterocycles. The maximum Gasteiger partial charge on any atom is 0.227 e. The average Bonchev–Trinajstić information content (AvgIpc) is 2.86. The van der Waals surface area contributed by atoms with E-state index in [1.807, 2.05) is 34.8 Å². The van der Waals surface area contributed by atoms with Crippen molar-refractivity contribution in [2.24, 2.45) is 7.05 Å². The van der Waals surface area contributed by atoms with Gasteiger partial charge in [0.25, 0.3) is 0 Å². The molecule has 0 unspecified atom stereocenters. The zero-order valence-electron chi connectivity index (χ0n) is 12.6. The number of hydrogen-bond donors (Lipinski definition) is 0. The maximum atomic E-state index is 12.9. The lowest BCUT2D eigenvalue weighted by Gasteiger charge is -2.22. The molecule has 0 fully saturated rings. The fourth-order valence-electron chi connectivity index (χ4n) is 2.31. The third-order valence-electron chi connectivity index (χ3n) is 3.52. The Balaban J connectivity index is 2.04. The first-order valence-electron chi connectivity index (χ1n) is 7.22. The first-order chi connectivity index (χ1) is 10.1. The lowest BCUT2D eigenvalue weighted by Crippen LogP contribution is -2.33. The van der Waals surface area contributed by atoms with Crippen molar-refractivity contribution in [1.29, 1.82) is 0 Å². The Labute approximate surface area is 125 Å². The van der Waals surface area contributed by atoms with Crippen LogP contribution in [-0.4, -0.2) is 21.9 Å². The highest BCUT2D eigenvalue weighted by Gasteiger charge is 2.15. The lowest BCUT2D eigenvalue weighted by molar-refractivity contribution is -0.131. The summed E-state index contributed by atoms with van der Waals surface area (Å²) in [5.41, 5.74) is 1.95. The number of rotatable bonds is 6. The third kappa shape index (κ3) is 4.18. The molecule has 112 valence electrons. The van der Waals surface area contributed by atoms with Gasteiger partial charge >= 0.3 is 0 Å². The quantitative estimate of drug-likeness (QED) is 0.801. The molecule has 0 saturated carbocycles. The summed E-state index contributed by atoms with van der Waals surface area (Å²) in [6.07, 6.45) is 3.20. The minimum Gasteiger partial charge on any atom is -0.353 e. The second-order valence-electron chi connectivity index (χ2n) is 5.23. The van der Waals surface area contributed by atoms with Crippen LogP contribution in [0.1, 0.15) is 24.6 Å². The van der Waals surface area contributed by atoms with Crippen LogP contribution in [0.4, 0.5) is 4.39 Å². The van der Waals surface area contributed by atoms with Crippen molar-refractivity contribution >= 4 is 5.91 Å². The van der Waals surface area contributed by atoms with E-state index in [0.717, 1.165) is 24.2 Å². The van der Waals surface area contributed by atoms with Gasteiger partial charge < -0.3 is 9.47 Å². The molecule has 1 aromatic carbocycles. The number of halogens is 1. The highest BCUT2D eigenvalue weighted by atomic mass is 19.1. The summed E-state index contributed by atoms with van der Waals surface area (Å²) >= 11 is 0. The predicted octanol–water partition coefficient (Wildman–Crippen LogP) is 3.15. The number of aryl methyl sites for hydroxylation is 1. The van der Waals surface area contributed by atoms with Crippen molar-refractivity contribution < 1.29 is 9.18 Å². The van der Waals surface area contributed by atoms with Gasteiger partial charge in [0.05, 0.1) is 13.0 Å². The van der Waals surface area contributed by atoms with Gasteiger partial charge in [-0.2, -0.15) is 0 Å². The van der Waals surface area contributed by atoms with Gasteiger partial charge in [0.1, 0.15) is 5.82 Å². The van der Waals surface area contributed by atoms with E-state index in [4.69, 9.17) is 0 Å². The fourth-order valence-corrected chi connectivity index (χ4v) is 2.31. The summed E-state index contributed by atoms with van der Waals surface area (Å²) < 4.78 is 14.9. The van der Waals surface area contributed by atoms with Crippen LogP contribution in [0.3, 0.4) is 0 Å². The minimum absolute atomic E-state index is 0.0738. The van der Waals surface area contributed by atoms with Gasteiger partial charge in [0.15, 0.2) is 0 Å². The summed E-state index contributed by atoms with van der Waals surface area (Å²) in [4.78, 5) is 14.3. The maximum absolute atomic E-state index is 12.9. The van der Waals surface area contributed by atoms with E-state index < -0.39 is 0 Å². The van der Waals surface area contributed by atoms with Crippen molar-refractivity contribution in [3.8, 4) is 0 Å². The summed E-state index contributed by atoms with van der Waals surface area (Å²) in [7, 11) is 1.98. The molecule has 0 aliphatic heterocycles. The number of benzene rings is 1. The Hall–Kier alpha value is -2.10. The highest BCUT2D eigenvalue weighted by Crippen LogP contribution is 2.10. The smallest absolute Gasteiger partial charge is 0.227 e. The number of aromatic nitrogens is 1. The van der Waals surface area contributed by atoms with Gasteiger partial charge in [-0.25, -0.2) is 4.39 Å². The van der Waals surface area contributed by atoms with E-state index in [0.29, 0.717) is 13.0 Å². The molecule has 0 atom stereocenters. The van der Waals surface area contributed by atoms with Crippen LogP contribution in [0.25, 0.3) is 0 Å². The van der Waals surface area contributed by atoms with E-state index in [-0.39, 0.29) is 11.7 Å². The molecule has 3 nitrogen and oxygen atoms in total. The highest BCUT2D eigenvalue weighted by molar-refractivity contribution is 5.78. The van der Waals surface area contributed by atoms with Gasteiger partial charge in [-0.15, -0.1) is 0 Å². The first-order valence-corrected chi connectivity index (χ1v) is 7.22. The molecule has 0 N–H and O–H groups in total. The zero-order chi connectivity index (χ0) is 15.2. The van der Waals surface area contributed by atoms with E-state index in [9.17, 15) is 9.18 Å². The number of carbonyl (C=O) groups excluding carboxylic acids is 1. The zero-order valence-corrected chi connectivity index (χ0v) is 12.6. The molecule has 2 aromatic rings. The number of hydrogen-bond acceptors (Lipinski definition) is 1. The Kier molecular flexibility index (Phi) is 5.14. The van der Waals surface area contributed by atoms with Crippen molar-refractivity contribution in [2.75, 3.05) is 6.54 Å². The molecule has 0 aliphatic carbocycles. The molecular weight excluding hydrogens is 267 g/mol. The lowest BCUT2D eigenvalue weighted by atomic mass is 10.1. The molecule has 2 rings (SSSR count). The average molecular weight is 288 g/mol. The van der Waals surface area contributed by atoms with Crippen molar-refractivity contribution in [3.63, 3.8) is 0 Å². The Morgan fingerprint density at radius 3 is 2.52 bits per heavy atom. The predicted molar refractivity (Wildman–Crippen MR) is 81.2 cm³/mol. The van der Waals surface area contributed by atoms with Crippen molar-refractivity contribution in [3.05, 3.63) is 59.7 Å². The molecule has 0 bridgehead atoms. The summed E-state index contributed by atoms with van der Waals surface area (Å²) in [6.45, 7) is 3.39. The Morgan fingerprint density at radius 2 is 1.95 bits per heavy atom. The van der Waals surface area contributed by atoms with Gasteiger partial charge in [-0.05, 0) is 36.2 Å². The minimum atomic E-state index is -0.277. The third-order valence-corrected chi connectivity index (χ3v) is 3.52. The monoisotopic (exact) mass is 288 g/mol. The molecule has 21 heavy (non-hydrogen) atoms. The van der Waals surface area contributed by atoms with Crippen LogP contribution in [0.15, 0.2) is 42.6 Å². The fraction of sp³-hybridized carbons (Fsp3) is 0.353. The van der Waals surface area contributed by atoms with Crippen LogP contribution in [-0.2, 0) is 24.8 Å². The number of amides is 1. The number of carbonyl (C=O) groups is 1. The molecule has 0 radical (unpaired) electrons. The van der Waals surface area contributed by atoms with Crippen molar-refractivity contribution in [2.45, 2.75) is 26.3 Å². The van der Waals surface area contributed by atoms with Crippen LogP contribution >= 0.6 is 0 Å². The van der Waals surface area contributed by atoms with E-state index in [1.165, 1.54) is 12.1 Å². The Bertz CT molecular complexity index is 589. The van der Waals surface area contributed by atoms with Gasteiger partial charge in [0, 0.05) is 25.5 Å². The molecular formula is C17H21FN2O. The van der Waals surface area contributed by atoms with Crippen LogP contribution < -0.4 is 0 Å². The molecule has 0 aliphatic rings. The number of nitrogens with zero attached hydrogens (tertiary/aromatic N) is 2. The van der Waals surface area contributed by atoms with E-state index in [2.05, 4.69) is 6.92 Å². The largest absolute Gasteiger partial charge is 0.353 e. The van der Waals surface area contributed by atoms with Crippen LogP contribution in [0.2, 0.25) is 0 Å². The molecule has 4 heteroatoms. The van der Waals surface area contributed by atoms with Crippen molar-refractivity contribution in [1.82, 2.24) is 9.47 Å². The summed E-state index contributed by atoms with van der Waals surface area (Å²) in [5, 5.41) is 0. The van der Waals surface area contributed by atoms with Gasteiger partial charge in [-0.3, -0.25) is 4.79 Å². The second kappa shape index (κ2) is 7.07.